The molecule has 0 saturated carbocycles. The number of hydrogen-bond acceptors (Lipinski definition) is 3. The molecule has 4 nitrogen and oxygen atoms in total. The van der Waals surface area contributed by atoms with Gasteiger partial charge in [-0.1, -0.05) is 17.7 Å². The average molecular weight is 306 g/mol. The van der Waals surface area contributed by atoms with Gasteiger partial charge in [0.15, 0.2) is 0 Å². The van der Waals surface area contributed by atoms with Crippen LogP contribution in [-0.4, -0.2) is 11.1 Å². The molecule has 2 aromatic rings. The van der Waals surface area contributed by atoms with Gasteiger partial charge < -0.3 is 9.84 Å². The van der Waals surface area contributed by atoms with Crippen molar-refractivity contribution in [3.63, 3.8) is 0 Å². The minimum atomic E-state index is -1.32. The largest absolute Gasteiger partial charge is 0.487 e. The number of rotatable bonds is 4. The quantitative estimate of drug-likeness (QED) is 0.936. The Morgan fingerprint density at radius 3 is 2.67 bits per heavy atom. The Morgan fingerprint density at radius 2 is 2.10 bits per heavy atom. The average Bonchev–Trinajstić information content (AvgIpc) is 2.45. The van der Waals surface area contributed by atoms with Gasteiger partial charge in [0.05, 0.1) is 22.2 Å². The summed E-state index contributed by atoms with van der Waals surface area (Å²) in [5, 5.41) is 17.7. The highest BCUT2D eigenvalue weighted by atomic mass is 35.5. The summed E-state index contributed by atoms with van der Waals surface area (Å²) in [6.45, 7) is 0.0302. The van der Waals surface area contributed by atoms with Crippen LogP contribution in [0.1, 0.15) is 21.5 Å². The Bertz CT molecular complexity index is 740. The maximum Gasteiger partial charge on any atom is 0.338 e. The number of carbonyl (C=O) groups is 1. The third kappa shape index (κ3) is 3.50. The minimum absolute atomic E-state index is 0.0302. The van der Waals surface area contributed by atoms with E-state index in [1.54, 1.807) is 12.1 Å². The molecule has 0 aliphatic rings. The molecule has 0 radical (unpaired) electrons. The first-order chi connectivity index (χ1) is 10.0. The monoisotopic (exact) mass is 305 g/mol. The second-order valence-electron chi connectivity index (χ2n) is 4.17. The van der Waals surface area contributed by atoms with Crippen molar-refractivity contribution in [1.82, 2.24) is 0 Å². The van der Waals surface area contributed by atoms with E-state index in [2.05, 4.69) is 0 Å². The Morgan fingerprint density at radius 1 is 1.33 bits per heavy atom. The molecule has 0 spiro atoms. The van der Waals surface area contributed by atoms with Crippen LogP contribution in [0.15, 0.2) is 36.4 Å². The fraction of sp³-hybridized carbons (Fsp3) is 0.0667. The van der Waals surface area contributed by atoms with Crippen LogP contribution in [0.5, 0.6) is 5.75 Å². The Hall–Kier alpha value is -2.58. The number of nitrogens with zero attached hydrogens (tertiary/aromatic N) is 1. The van der Waals surface area contributed by atoms with Gasteiger partial charge in [-0.15, -0.1) is 0 Å². The molecule has 2 rings (SSSR count). The SMILES string of the molecule is N#Cc1ccc(OCc2ccc(C(=O)O)c(F)c2)c(Cl)c1. The van der Waals surface area contributed by atoms with Crippen LogP contribution in [0.4, 0.5) is 4.39 Å². The first kappa shape index (κ1) is 14.8. The lowest BCUT2D eigenvalue weighted by molar-refractivity contribution is 0.0692. The molecule has 6 heteroatoms. The van der Waals surface area contributed by atoms with Crippen molar-refractivity contribution in [2.45, 2.75) is 6.61 Å². The van der Waals surface area contributed by atoms with E-state index >= 15 is 0 Å². The van der Waals surface area contributed by atoms with Crippen LogP contribution >= 0.6 is 11.6 Å². The highest BCUT2D eigenvalue weighted by Crippen LogP contribution is 2.26. The van der Waals surface area contributed by atoms with Crippen molar-refractivity contribution >= 4 is 17.6 Å². The van der Waals surface area contributed by atoms with E-state index in [4.69, 9.17) is 26.7 Å². The third-order valence-corrected chi connectivity index (χ3v) is 3.01. The van der Waals surface area contributed by atoms with Gasteiger partial charge in [-0.2, -0.15) is 5.26 Å². The van der Waals surface area contributed by atoms with Crippen LogP contribution in [0.3, 0.4) is 0 Å². The molecule has 0 aliphatic heterocycles. The molecule has 0 heterocycles. The number of carboxylic acids is 1. The van der Waals surface area contributed by atoms with Gasteiger partial charge in [-0.05, 0) is 35.9 Å². The number of halogens is 2. The maximum absolute atomic E-state index is 13.5. The topological polar surface area (TPSA) is 70.3 Å². The first-order valence-corrected chi connectivity index (χ1v) is 6.23. The van der Waals surface area contributed by atoms with Gasteiger partial charge in [0, 0.05) is 0 Å². The summed E-state index contributed by atoms with van der Waals surface area (Å²) in [6.07, 6.45) is 0. The molecule has 0 atom stereocenters. The van der Waals surface area contributed by atoms with Crippen molar-refractivity contribution in [2.75, 3.05) is 0 Å². The molecule has 106 valence electrons. The zero-order valence-corrected chi connectivity index (χ0v) is 11.4. The van der Waals surface area contributed by atoms with Gasteiger partial charge in [-0.25, -0.2) is 9.18 Å². The molecule has 0 fully saturated rings. The molecule has 0 aromatic heterocycles. The normalized spacial score (nSPS) is 9.95. The van der Waals surface area contributed by atoms with E-state index in [0.717, 1.165) is 6.07 Å². The zero-order valence-electron chi connectivity index (χ0n) is 10.6. The van der Waals surface area contributed by atoms with Crippen LogP contribution in [-0.2, 0) is 6.61 Å². The van der Waals surface area contributed by atoms with Crippen molar-refractivity contribution in [3.05, 3.63) is 63.9 Å². The maximum atomic E-state index is 13.5. The standard InChI is InChI=1S/C15H9ClFNO3/c16-12-5-9(7-18)2-4-14(12)21-8-10-1-3-11(15(19)20)13(17)6-10/h1-6H,8H2,(H,19,20). The van der Waals surface area contributed by atoms with Crippen LogP contribution < -0.4 is 4.74 Å². The van der Waals surface area contributed by atoms with Crippen molar-refractivity contribution in [1.29, 1.82) is 5.26 Å². The van der Waals surface area contributed by atoms with E-state index in [0.29, 0.717) is 16.9 Å². The summed E-state index contributed by atoms with van der Waals surface area (Å²) in [5.41, 5.74) is 0.484. The fourth-order valence-electron chi connectivity index (χ4n) is 1.67. The van der Waals surface area contributed by atoms with Crippen molar-refractivity contribution < 1.29 is 19.0 Å². The van der Waals surface area contributed by atoms with Crippen molar-refractivity contribution in [2.24, 2.45) is 0 Å². The van der Waals surface area contributed by atoms with Gasteiger partial charge in [-0.3, -0.25) is 0 Å². The van der Waals surface area contributed by atoms with Gasteiger partial charge in [0.1, 0.15) is 18.2 Å². The zero-order chi connectivity index (χ0) is 15.4. The summed E-state index contributed by atoms with van der Waals surface area (Å²) in [6, 6.07) is 10.2. The highest BCUT2D eigenvalue weighted by Gasteiger charge is 2.11. The predicted molar refractivity (Wildman–Crippen MR) is 73.9 cm³/mol. The summed E-state index contributed by atoms with van der Waals surface area (Å²) in [7, 11) is 0. The molecule has 0 unspecified atom stereocenters. The van der Waals surface area contributed by atoms with E-state index in [-0.39, 0.29) is 11.6 Å². The summed E-state index contributed by atoms with van der Waals surface area (Å²) < 4.78 is 18.9. The minimum Gasteiger partial charge on any atom is -0.487 e. The lowest BCUT2D eigenvalue weighted by atomic mass is 10.1. The summed E-state index contributed by atoms with van der Waals surface area (Å²) in [4.78, 5) is 10.7. The molecule has 0 saturated heterocycles. The molecule has 0 amide bonds. The molecular weight excluding hydrogens is 297 g/mol. The second-order valence-corrected chi connectivity index (χ2v) is 4.57. The lowest BCUT2D eigenvalue weighted by Gasteiger charge is -2.09. The van der Waals surface area contributed by atoms with E-state index in [1.807, 2.05) is 6.07 Å². The number of aromatic carboxylic acids is 1. The lowest BCUT2D eigenvalue weighted by Crippen LogP contribution is -2.03. The third-order valence-electron chi connectivity index (χ3n) is 2.72. The van der Waals surface area contributed by atoms with Crippen LogP contribution in [0.2, 0.25) is 5.02 Å². The van der Waals surface area contributed by atoms with E-state index < -0.39 is 17.3 Å². The Kier molecular flexibility index (Phi) is 4.41. The summed E-state index contributed by atoms with van der Waals surface area (Å²) in [5.74, 6) is -1.79. The number of nitriles is 1. The predicted octanol–water partition coefficient (Wildman–Crippen LogP) is 3.63. The van der Waals surface area contributed by atoms with Gasteiger partial charge in [0.25, 0.3) is 0 Å². The molecule has 0 aliphatic carbocycles. The van der Waals surface area contributed by atoms with Crippen LogP contribution in [0.25, 0.3) is 0 Å². The number of ether oxygens (including phenoxy) is 1. The molecular formula is C15H9ClFNO3. The highest BCUT2D eigenvalue weighted by molar-refractivity contribution is 6.32. The van der Waals surface area contributed by atoms with Gasteiger partial charge in [0.2, 0.25) is 0 Å². The fourth-order valence-corrected chi connectivity index (χ4v) is 1.91. The Labute approximate surface area is 125 Å². The molecule has 2 aromatic carbocycles. The summed E-state index contributed by atoms with van der Waals surface area (Å²) >= 11 is 5.94. The second kappa shape index (κ2) is 6.25. The number of carboxylic acid groups (broad SMARTS) is 1. The van der Waals surface area contributed by atoms with E-state index in [9.17, 15) is 9.18 Å². The number of hydrogen-bond donors (Lipinski definition) is 1. The Balaban J connectivity index is 2.12. The first-order valence-electron chi connectivity index (χ1n) is 5.85. The van der Waals surface area contributed by atoms with Crippen molar-refractivity contribution in [3.8, 4) is 11.8 Å². The smallest absolute Gasteiger partial charge is 0.338 e. The molecule has 0 bridgehead atoms. The van der Waals surface area contributed by atoms with E-state index in [1.165, 1.54) is 18.2 Å². The molecule has 1 N–H and O–H groups in total. The van der Waals surface area contributed by atoms with Gasteiger partial charge >= 0.3 is 5.97 Å². The number of benzene rings is 2. The van der Waals surface area contributed by atoms with Crippen LogP contribution in [0, 0.1) is 17.1 Å². The molecule has 21 heavy (non-hydrogen) atoms.